The molecule has 1 rings (SSSR count). The first-order valence-corrected chi connectivity index (χ1v) is 5.32. The van der Waals surface area contributed by atoms with Gasteiger partial charge in [-0.1, -0.05) is 0 Å². The fourth-order valence-electron chi connectivity index (χ4n) is 1.78. The number of amides is 3. The van der Waals surface area contributed by atoms with Crippen LogP contribution >= 0.6 is 0 Å². The molecule has 1 saturated heterocycles. The lowest BCUT2D eigenvalue weighted by Gasteiger charge is -2.23. The van der Waals surface area contributed by atoms with Gasteiger partial charge in [0.15, 0.2) is 12.2 Å². The Hall–Kier alpha value is -1.53. The molecule has 1 heterocycles. The van der Waals surface area contributed by atoms with Crippen LogP contribution in [0.4, 0.5) is 4.79 Å². The van der Waals surface area contributed by atoms with Crippen LogP contribution in [0.1, 0.15) is 19.8 Å². The topological polar surface area (TPSA) is 78.5 Å². The van der Waals surface area contributed by atoms with Crippen LogP contribution in [-0.4, -0.2) is 49.6 Å². The second-order valence-electron chi connectivity index (χ2n) is 3.51. The summed E-state index contributed by atoms with van der Waals surface area (Å²) < 4.78 is 0. The summed E-state index contributed by atoms with van der Waals surface area (Å²) in [6.45, 7) is 2.93. The van der Waals surface area contributed by atoms with Gasteiger partial charge in [-0.15, -0.1) is 0 Å². The minimum Gasteiger partial charge on any atom is -0.397 e. The van der Waals surface area contributed by atoms with Crippen LogP contribution in [0.5, 0.6) is 0 Å². The van der Waals surface area contributed by atoms with Gasteiger partial charge in [0.2, 0.25) is 5.91 Å². The van der Waals surface area contributed by atoms with Crippen LogP contribution in [0.2, 0.25) is 0 Å². The molecule has 0 saturated carbocycles. The molecule has 3 amide bonds. The van der Waals surface area contributed by atoms with E-state index in [-0.39, 0.29) is 11.7 Å². The molecular formula is C9H15BN3O3. The van der Waals surface area contributed by atoms with E-state index >= 15 is 0 Å². The van der Waals surface area contributed by atoms with E-state index in [0.29, 0.717) is 25.9 Å². The van der Waals surface area contributed by atoms with Crippen LogP contribution in [0, 0.1) is 0 Å². The van der Waals surface area contributed by atoms with E-state index in [4.69, 9.17) is 0 Å². The quantitative estimate of drug-likeness (QED) is 0.467. The zero-order valence-electron chi connectivity index (χ0n) is 9.23. The third kappa shape index (κ3) is 2.98. The normalized spacial score (nSPS) is 19.1. The molecule has 0 aromatic carbocycles. The molecular weight excluding hydrogens is 209 g/mol. The van der Waals surface area contributed by atoms with E-state index in [1.165, 1.54) is 4.90 Å². The number of nitrogens with zero attached hydrogens (tertiary/aromatic N) is 1. The van der Waals surface area contributed by atoms with E-state index < -0.39 is 6.04 Å². The highest BCUT2D eigenvalue weighted by Crippen LogP contribution is 2.17. The highest BCUT2D eigenvalue weighted by Gasteiger charge is 2.33. The number of hydrogen-bond donors (Lipinski definition) is 2. The molecule has 0 aliphatic carbocycles. The van der Waals surface area contributed by atoms with Crippen molar-refractivity contribution < 1.29 is 14.4 Å². The average molecular weight is 224 g/mol. The van der Waals surface area contributed by atoms with Crippen molar-refractivity contribution in [3.8, 4) is 0 Å². The van der Waals surface area contributed by atoms with Gasteiger partial charge in [0.05, 0.1) is 0 Å². The van der Waals surface area contributed by atoms with Crippen molar-refractivity contribution in [2.24, 2.45) is 0 Å². The first-order valence-electron chi connectivity index (χ1n) is 5.32. The van der Waals surface area contributed by atoms with Crippen molar-refractivity contribution in [1.82, 2.24) is 15.4 Å². The summed E-state index contributed by atoms with van der Waals surface area (Å²) in [4.78, 5) is 34.7. The summed E-state index contributed by atoms with van der Waals surface area (Å²) in [5.41, 5.74) is 0. The Bertz CT molecular complexity index is 285. The molecule has 1 atom stereocenters. The van der Waals surface area contributed by atoms with Crippen LogP contribution in [0.15, 0.2) is 0 Å². The molecule has 16 heavy (non-hydrogen) atoms. The molecule has 1 aliphatic heterocycles. The maximum absolute atomic E-state index is 11.6. The predicted molar refractivity (Wildman–Crippen MR) is 58.8 cm³/mol. The lowest BCUT2D eigenvalue weighted by atomic mass is 9.92. The Morgan fingerprint density at radius 1 is 1.56 bits per heavy atom. The van der Waals surface area contributed by atoms with Crippen LogP contribution in [0.25, 0.3) is 0 Å². The Kier molecular flexibility index (Phi) is 4.82. The number of nitrogens with one attached hydrogen (secondary N) is 2. The summed E-state index contributed by atoms with van der Waals surface area (Å²) in [7, 11) is 1.07. The highest BCUT2D eigenvalue weighted by atomic mass is 16.2. The minimum absolute atomic E-state index is 0.132. The molecule has 6 nitrogen and oxygen atoms in total. The van der Waals surface area contributed by atoms with Crippen molar-refractivity contribution in [3.05, 3.63) is 0 Å². The average Bonchev–Trinajstić information content (AvgIpc) is 2.75. The van der Waals surface area contributed by atoms with Crippen molar-refractivity contribution in [3.63, 3.8) is 0 Å². The molecule has 1 aliphatic rings. The van der Waals surface area contributed by atoms with Crippen LogP contribution < -0.4 is 10.5 Å². The summed E-state index contributed by atoms with van der Waals surface area (Å²) in [6.07, 6.45) is 1.91. The van der Waals surface area contributed by atoms with Crippen molar-refractivity contribution in [1.29, 1.82) is 0 Å². The minimum atomic E-state index is -0.405. The predicted octanol–water partition coefficient (Wildman–Crippen LogP) is -0.928. The number of carbonyl (C=O) groups is 3. The van der Waals surface area contributed by atoms with Gasteiger partial charge in [-0.2, -0.15) is 0 Å². The zero-order chi connectivity index (χ0) is 12.0. The van der Waals surface area contributed by atoms with Gasteiger partial charge in [0, 0.05) is 13.1 Å². The lowest BCUT2D eigenvalue weighted by Crippen LogP contribution is -2.48. The van der Waals surface area contributed by atoms with Gasteiger partial charge < -0.3 is 15.4 Å². The second-order valence-corrected chi connectivity index (χ2v) is 3.51. The maximum atomic E-state index is 11.6. The van der Waals surface area contributed by atoms with Crippen LogP contribution in [-0.2, 0) is 9.59 Å². The number of likely N-dealkylation sites (tertiary alicyclic amines) is 1. The van der Waals surface area contributed by atoms with Gasteiger partial charge in [0.1, 0.15) is 6.04 Å². The maximum Gasteiger partial charge on any atom is 0.364 e. The fraction of sp³-hybridized carbons (Fsp3) is 0.667. The highest BCUT2D eigenvalue weighted by molar-refractivity contribution is 6.72. The number of carbonyl (C=O) groups excluding carboxylic acids is 3. The summed E-state index contributed by atoms with van der Waals surface area (Å²) in [5.74, 6) is -0.464. The SMILES string of the molecule is CCNC(=O)C1CCCN1C(=O)[B]NC=O. The molecule has 87 valence electrons. The summed E-state index contributed by atoms with van der Waals surface area (Å²) in [5, 5.41) is 4.88. The van der Waals surface area contributed by atoms with Gasteiger partial charge >= 0.3 is 7.41 Å². The monoisotopic (exact) mass is 224 g/mol. The van der Waals surface area contributed by atoms with E-state index in [9.17, 15) is 14.4 Å². The van der Waals surface area contributed by atoms with Crippen LogP contribution in [0.3, 0.4) is 0 Å². The van der Waals surface area contributed by atoms with Gasteiger partial charge in [-0.05, 0) is 19.8 Å². The lowest BCUT2D eigenvalue weighted by molar-refractivity contribution is -0.124. The smallest absolute Gasteiger partial charge is 0.364 e. The Morgan fingerprint density at radius 2 is 2.31 bits per heavy atom. The number of rotatable bonds is 5. The molecule has 7 heteroatoms. The molecule has 2 N–H and O–H groups in total. The van der Waals surface area contributed by atoms with Crippen molar-refractivity contribution in [2.75, 3.05) is 13.1 Å². The zero-order valence-corrected chi connectivity index (χ0v) is 9.23. The second kappa shape index (κ2) is 6.14. The largest absolute Gasteiger partial charge is 0.397 e. The third-order valence-electron chi connectivity index (χ3n) is 2.46. The molecule has 1 unspecified atom stereocenters. The molecule has 0 aromatic rings. The van der Waals surface area contributed by atoms with Gasteiger partial charge in [-0.3, -0.25) is 14.4 Å². The summed E-state index contributed by atoms with van der Waals surface area (Å²) >= 11 is 0. The fourth-order valence-corrected chi connectivity index (χ4v) is 1.78. The van der Waals surface area contributed by atoms with E-state index in [2.05, 4.69) is 10.5 Å². The number of likely N-dealkylation sites (N-methyl/N-ethyl adjacent to an activating group) is 1. The molecule has 0 spiro atoms. The first-order chi connectivity index (χ1) is 7.70. The third-order valence-corrected chi connectivity index (χ3v) is 2.46. The van der Waals surface area contributed by atoms with E-state index in [1.54, 1.807) is 0 Å². The Labute approximate surface area is 95.0 Å². The molecule has 0 aromatic heterocycles. The molecule has 0 bridgehead atoms. The van der Waals surface area contributed by atoms with Crippen molar-refractivity contribution >= 4 is 25.5 Å². The number of hydrogen-bond acceptors (Lipinski definition) is 3. The molecule has 1 radical (unpaired) electrons. The van der Waals surface area contributed by atoms with Crippen molar-refractivity contribution in [2.45, 2.75) is 25.8 Å². The Morgan fingerprint density at radius 3 is 2.94 bits per heavy atom. The van der Waals surface area contributed by atoms with Gasteiger partial charge in [-0.25, -0.2) is 0 Å². The van der Waals surface area contributed by atoms with E-state index in [0.717, 1.165) is 13.8 Å². The van der Waals surface area contributed by atoms with Gasteiger partial charge in [0.25, 0.3) is 0 Å². The molecule has 1 fully saturated rings. The standard InChI is InChI=1S/C9H15BN3O3/c1-2-11-8(15)7-4-3-5-13(7)9(16)10-12-6-14/h6-7H,2-5H2,1H3,(H,11,15)(H,12,14). The first kappa shape index (κ1) is 12.5. The Balaban J connectivity index is 2.54. The summed E-state index contributed by atoms with van der Waals surface area (Å²) in [6, 6.07) is -0.405. The van der Waals surface area contributed by atoms with E-state index in [1.807, 2.05) is 6.92 Å².